The van der Waals surface area contributed by atoms with Crippen LogP contribution in [0.4, 0.5) is 5.69 Å². The predicted molar refractivity (Wildman–Crippen MR) is 116 cm³/mol. The lowest BCUT2D eigenvalue weighted by Gasteiger charge is -2.16. The van der Waals surface area contributed by atoms with Gasteiger partial charge in [-0.2, -0.15) is 0 Å². The summed E-state index contributed by atoms with van der Waals surface area (Å²) in [6, 6.07) is 11.8. The summed E-state index contributed by atoms with van der Waals surface area (Å²) < 4.78 is 31.6. The molecule has 0 radical (unpaired) electrons. The molecule has 0 atom stereocenters. The molecule has 0 saturated carbocycles. The molecule has 1 N–H and O–H groups in total. The Kier molecular flexibility index (Phi) is 8.14. The van der Waals surface area contributed by atoms with Crippen molar-refractivity contribution in [1.29, 1.82) is 0 Å². The van der Waals surface area contributed by atoms with Gasteiger partial charge in [0.15, 0.2) is 5.78 Å². The number of Topliss-reactive ketones (excluding diaryl/α,β-unsaturated/α-hetero) is 1. The predicted octanol–water partition coefficient (Wildman–Crippen LogP) is 3.50. The van der Waals surface area contributed by atoms with Crippen LogP contribution in [0.5, 0.6) is 5.75 Å². The van der Waals surface area contributed by atoms with Crippen LogP contribution in [0, 0.1) is 0 Å². The molecule has 0 heterocycles. The highest BCUT2D eigenvalue weighted by Crippen LogP contribution is 2.29. The second-order valence-corrected chi connectivity index (χ2v) is 9.02. The van der Waals surface area contributed by atoms with Crippen LogP contribution in [0.25, 0.3) is 0 Å². The molecule has 2 aromatic rings. The molecule has 8 heteroatoms. The van der Waals surface area contributed by atoms with Gasteiger partial charge in [0.05, 0.1) is 6.61 Å². The van der Waals surface area contributed by atoms with Crippen molar-refractivity contribution < 1.29 is 22.7 Å². The van der Waals surface area contributed by atoms with Gasteiger partial charge in [0, 0.05) is 38.2 Å². The van der Waals surface area contributed by atoms with Gasteiger partial charge in [0.25, 0.3) is 0 Å². The van der Waals surface area contributed by atoms with E-state index in [1.54, 1.807) is 25.1 Å². The summed E-state index contributed by atoms with van der Waals surface area (Å²) in [5, 5.41) is 2.66. The normalized spacial score (nSPS) is 11.4. The number of aryl methyl sites for hydroxylation is 1. The summed E-state index contributed by atoms with van der Waals surface area (Å²) in [4.78, 5) is 24.6. The molecule has 1 amide bonds. The van der Waals surface area contributed by atoms with Crippen molar-refractivity contribution in [3.8, 4) is 5.75 Å². The molecule has 30 heavy (non-hydrogen) atoms. The van der Waals surface area contributed by atoms with E-state index in [9.17, 15) is 18.0 Å². The lowest BCUT2D eigenvalue weighted by Crippen LogP contribution is -2.23. The molecular formula is C22H28N2O5S. The Morgan fingerprint density at radius 1 is 1.00 bits per heavy atom. The van der Waals surface area contributed by atoms with Gasteiger partial charge in [-0.15, -0.1) is 0 Å². The number of nitrogens with one attached hydrogen (secondary N) is 1. The van der Waals surface area contributed by atoms with E-state index in [4.69, 9.17) is 4.74 Å². The van der Waals surface area contributed by atoms with E-state index in [0.29, 0.717) is 17.9 Å². The van der Waals surface area contributed by atoms with E-state index in [2.05, 4.69) is 5.32 Å². The van der Waals surface area contributed by atoms with Gasteiger partial charge in [-0.25, -0.2) is 12.7 Å². The smallest absolute Gasteiger partial charge is 0.246 e. The van der Waals surface area contributed by atoms with Gasteiger partial charge >= 0.3 is 0 Å². The standard InChI is InChI=1S/C22H28N2O5S/c1-5-16-7-9-17(10-8-16)19(25)12-14-22(26)23-18-11-13-20(29-6-2)21(15-18)30(27,28)24(3)4/h7-11,13,15H,5-6,12,14H2,1-4H3,(H,23,26). The summed E-state index contributed by atoms with van der Waals surface area (Å²) in [6.45, 7) is 4.11. The molecule has 0 fully saturated rings. The third-order valence-corrected chi connectivity index (χ3v) is 6.39. The van der Waals surface area contributed by atoms with Gasteiger partial charge in [-0.1, -0.05) is 31.2 Å². The van der Waals surface area contributed by atoms with Crippen LogP contribution in [0.1, 0.15) is 42.6 Å². The maximum atomic E-state index is 12.6. The van der Waals surface area contributed by atoms with Gasteiger partial charge < -0.3 is 10.1 Å². The Morgan fingerprint density at radius 3 is 2.23 bits per heavy atom. The van der Waals surface area contributed by atoms with E-state index in [1.807, 2.05) is 19.1 Å². The zero-order valence-electron chi connectivity index (χ0n) is 17.8. The van der Waals surface area contributed by atoms with Gasteiger partial charge in [-0.3, -0.25) is 9.59 Å². The number of amides is 1. The summed E-state index contributed by atoms with van der Waals surface area (Å²) in [5.41, 5.74) is 2.03. The lowest BCUT2D eigenvalue weighted by molar-refractivity contribution is -0.116. The molecule has 0 unspecified atom stereocenters. The summed E-state index contributed by atoms with van der Waals surface area (Å²) in [5.74, 6) is -0.267. The average Bonchev–Trinajstić information content (AvgIpc) is 2.73. The van der Waals surface area contributed by atoms with Crippen molar-refractivity contribution in [2.24, 2.45) is 0 Å². The first-order chi connectivity index (χ1) is 14.2. The zero-order chi connectivity index (χ0) is 22.3. The maximum absolute atomic E-state index is 12.6. The highest BCUT2D eigenvalue weighted by Gasteiger charge is 2.23. The second kappa shape index (κ2) is 10.4. The molecular weight excluding hydrogens is 404 g/mol. The number of benzene rings is 2. The molecule has 0 aliphatic carbocycles. The summed E-state index contributed by atoms with van der Waals surface area (Å²) in [7, 11) is -0.902. The van der Waals surface area contributed by atoms with E-state index in [0.717, 1.165) is 16.3 Å². The summed E-state index contributed by atoms with van der Waals surface area (Å²) in [6.07, 6.45) is 0.957. The largest absolute Gasteiger partial charge is 0.492 e. The minimum absolute atomic E-state index is 0.00264. The third-order valence-electron chi connectivity index (χ3n) is 4.55. The SMILES string of the molecule is CCOc1ccc(NC(=O)CCC(=O)c2ccc(CC)cc2)cc1S(=O)(=O)N(C)C. The molecule has 0 saturated heterocycles. The van der Waals surface area contributed by atoms with Crippen LogP contribution in [0.15, 0.2) is 47.4 Å². The summed E-state index contributed by atoms with van der Waals surface area (Å²) >= 11 is 0. The number of ether oxygens (including phenoxy) is 1. The van der Waals surface area contributed by atoms with Crippen LogP contribution < -0.4 is 10.1 Å². The fourth-order valence-corrected chi connectivity index (χ4v) is 3.83. The molecule has 0 aliphatic rings. The van der Waals surface area contributed by atoms with E-state index in [1.165, 1.54) is 26.2 Å². The van der Waals surface area contributed by atoms with Crippen LogP contribution in [-0.2, 0) is 21.2 Å². The van der Waals surface area contributed by atoms with Crippen molar-refractivity contribution in [3.05, 3.63) is 53.6 Å². The Labute approximate surface area is 178 Å². The fraction of sp³-hybridized carbons (Fsp3) is 0.364. The quantitative estimate of drug-likeness (QED) is 0.580. The highest BCUT2D eigenvalue weighted by molar-refractivity contribution is 7.89. The number of anilines is 1. The van der Waals surface area contributed by atoms with Crippen LogP contribution in [0.2, 0.25) is 0 Å². The van der Waals surface area contributed by atoms with Crippen molar-refractivity contribution in [2.75, 3.05) is 26.0 Å². The highest BCUT2D eigenvalue weighted by atomic mass is 32.2. The van der Waals surface area contributed by atoms with Crippen molar-refractivity contribution in [2.45, 2.75) is 38.0 Å². The van der Waals surface area contributed by atoms with E-state index < -0.39 is 10.0 Å². The Morgan fingerprint density at radius 2 is 1.67 bits per heavy atom. The fourth-order valence-electron chi connectivity index (χ4n) is 2.78. The number of rotatable bonds is 10. The first-order valence-electron chi connectivity index (χ1n) is 9.80. The van der Waals surface area contributed by atoms with Crippen LogP contribution >= 0.6 is 0 Å². The van der Waals surface area contributed by atoms with E-state index >= 15 is 0 Å². The Bertz CT molecular complexity index is 999. The minimum atomic E-state index is -3.75. The van der Waals surface area contributed by atoms with E-state index in [-0.39, 0.29) is 35.2 Å². The Balaban J connectivity index is 2.08. The molecule has 0 bridgehead atoms. The molecule has 0 aromatic heterocycles. The molecule has 2 aromatic carbocycles. The lowest BCUT2D eigenvalue weighted by atomic mass is 10.0. The molecule has 2 rings (SSSR count). The van der Waals surface area contributed by atoms with Crippen molar-refractivity contribution >= 4 is 27.4 Å². The van der Waals surface area contributed by atoms with Crippen molar-refractivity contribution in [3.63, 3.8) is 0 Å². The first-order valence-corrected chi connectivity index (χ1v) is 11.2. The number of hydrogen-bond donors (Lipinski definition) is 1. The topological polar surface area (TPSA) is 92.8 Å². The van der Waals surface area contributed by atoms with Gasteiger partial charge in [0.1, 0.15) is 10.6 Å². The minimum Gasteiger partial charge on any atom is -0.492 e. The number of carbonyl (C=O) groups is 2. The molecule has 162 valence electrons. The number of ketones is 1. The number of carbonyl (C=O) groups excluding carboxylic acids is 2. The zero-order valence-corrected chi connectivity index (χ0v) is 18.6. The second-order valence-electron chi connectivity index (χ2n) is 6.90. The first kappa shape index (κ1) is 23.6. The van der Waals surface area contributed by atoms with Crippen LogP contribution in [-0.4, -0.2) is 45.1 Å². The Hall–Kier alpha value is -2.71. The molecule has 7 nitrogen and oxygen atoms in total. The van der Waals surface area contributed by atoms with Crippen LogP contribution in [0.3, 0.4) is 0 Å². The van der Waals surface area contributed by atoms with Gasteiger partial charge in [0.2, 0.25) is 15.9 Å². The average molecular weight is 433 g/mol. The third kappa shape index (κ3) is 5.90. The number of hydrogen-bond acceptors (Lipinski definition) is 5. The molecule has 0 aliphatic heterocycles. The number of nitrogens with zero attached hydrogens (tertiary/aromatic N) is 1. The monoisotopic (exact) mass is 432 g/mol. The molecule has 0 spiro atoms. The van der Waals surface area contributed by atoms with Crippen molar-refractivity contribution in [1.82, 2.24) is 4.31 Å². The number of sulfonamides is 1. The maximum Gasteiger partial charge on any atom is 0.246 e. The van der Waals surface area contributed by atoms with Gasteiger partial charge in [-0.05, 0) is 37.1 Å².